The SMILES string of the molecule is C[C@H](NC(=O)c1ccc(C(F)(F)F)cc1)C(=O)N1CCC[C@H]1C(=O)N[C@@H](CCCN=C(N)N)C(=O)CF. The Hall–Kier alpha value is -3.71. The minimum Gasteiger partial charge on any atom is -0.370 e. The third-order valence-corrected chi connectivity index (χ3v) is 5.81. The van der Waals surface area contributed by atoms with Crippen LogP contribution >= 0.6 is 0 Å². The van der Waals surface area contributed by atoms with E-state index in [-0.39, 0.29) is 31.0 Å². The van der Waals surface area contributed by atoms with Gasteiger partial charge in [-0.3, -0.25) is 24.2 Å². The molecule has 0 radical (unpaired) electrons. The summed E-state index contributed by atoms with van der Waals surface area (Å²) in [6, 6.07) is 0.356. The van der Waals surface area contributed by atoms with Gasteiger partial charge in [0.2, 0.25) is 11.8 Å². The number of ketones is 1. The number of halogens is 4. The number of alkyl halides is 4. The van der Waals surface area contributed by atoms with Gasteiger partial charge in [0.1, 0.15) is 18.8 Å². The Kier molecular flexibility index (Phi) is 10.4. The molecule has 2 rings (SSSR count). The normalized spacial score (nSPS) is 17.0. The Balaban J connectivity index is 2.01. The Morgan fingerprint density at radius 1 is 1.14 bits per heavy atom. The van der Waals surface area contributed by atoms with Crippen molar-refractivity contribution < 1.29 is 36.7 Å². The topological polar surface area (TPSA) is 160 Å². The van der Waals surface area contributed by atoms with Crippen molar-refractivity contribution >= 4 is 29.5 Å². The van der Waals surface area contributed by atoms with E-state index in [1.165, 1.54) is 11.8 Å². The van der Waals surface area contributed by atoms with Gasteiger partial charge in [-0.05, 0) is 56.9 Å². The van der Waals surface area contributed by atoms with Gasteiger partial charge >= 0.3 is 6.18 Å². The van der Waals surface area contributed by atoms with Crippen LogP contribution in [0.1, 0.15) is 48.5 Å². The second-order valence-electron chi connectivity index (χ2n) is 8.57. The molecule has 0 aromatic heterocycles. The second kappa shape index (κ2) is 13.0. The highest BCUT2D eigenvalue weighted by Gasteiger charge is 2.37. The maximum atomic E-state index is 13.0. The molecular weight excluding hydrogens is 500 g/mol. The number of carbonyl (C=O) groups is 4. The highest BCUT2D eigenvalue weighted by Crippen LogP contribution is 2.29. The van der Waals surface area contributed by atoms with Crippen LogP contribution in [0.3, 0.4) is 0 Å². The molecule has 1 fully saturated rings. The van der Waals surface area contributed by atoms with Gasteiger partial charge in [-0.15, -0.1) is 0 Å². The summed E-state index contributed by atoms with van der Waals surface area (Å²) < 4.78 is 51.2. The molecule has 6 N–H and O–H groups in total. The highest BCUT2D eigenvalue weighted by atomic mass is 19.4. The predicted octanol–water partition coefficient (Wildman–Crippen LogP) is 0.892. The Bertz CT molecular complexity index is 1010. The number of amides is 3. The van der Waals surface area contributed by atoms with E-state index >= 15 is 0 Å². The Morgan fingerprint density at radius 3 is 2.35 bits per heavy atom. The number of Topliss-reactive ketones (excluding diaryl/α,β-unsaturated/α-hetero) is 1. The molecule has 0 saturated carbocycles. The number of aliphatic imine (C=N–C) groups is 1. The summed E-state index contributed by atoms with van der Waals surface area (Å²) in [5.41, 5.74) is 9.49. The van der Waals surface area contributed by atoms with E-state index in [9.17, 15) is 36.7 Å². The minimum atomic E-state index is -4.55. The molecule has 3 amide bonds. The molecule has 37 heavy (non-hydrogen) atoms. The lowest BCUT2D eigenvalue weighted by Crippen LogP contribution is -2.54. The van der Waals surface area contributed by atoms with Crippen LogP contribution < -0.4 is 22.1 Å². The molecule has 1 saturated heterocycles. The van der Waals surface area contributed by atoms with E-state index < -0.39 is 60.0 Å². The number of likely N-dealkylation sites (tertiary alicyclic amines) is 1. The molecule has 3 atom stereocenters. The van der Waals surface area contributed by atoms with Crippen LogP contribution in [0.5, 0.6) is 0 Å². The van der Waals surface area contributed by atoms with Crippen LogP contribution in [-0.4, -0.2) is 72.3 Å². The molecule has 10 nitrogen and oxygen atoms in total. The van der Waals surface area contributed by atoms with Crippen molar-refractivity contribution in [3.05, 3.63) is 35.4 Å². The van der Waals surface area contributed by atoms with Crippen LogP contribution in [-0.2, 0) is 20.6 Å². The lowest BCUT2D eigenvalue weighted by atomic mass is 10.1. The van der Waals surface area contributed by atoms with Crippen molar-refractivity contribution in [2.45, 2.75) is 56.9 Å². The number of nitrogens with zero attached hydrogens (tertiary/aromatic N) is 2. The molecule has 14 heteroatoms. The van der Waals surface area contributed by atoms with Crippen molar-refractivity contribution in [2.24, 2.45) is 16.5 Å². The molecule has 1 heterocycles. The summed E-state index contributed by atoms with van der Waals surface area (Å²) in [4.78, 5) is 55.3. The molecule has 1 aromatic carbocycles. The maximum Gasteiger partial charge on any atom is 0.416 e. The molecule has 0 aliphatic carbocycles. The zero-order valence-corrected chi connectivity index (χ0v) is 20.2. The summed E-state index contributed by atoms with van der Waals surface area (Å²) >= 11 is 0. The lowest BCUT2D eigenvalue weighted by molar-refractivity contribution is -0.140. The van der Waals surface area contributed by atoms with Gasteiger partial charge in [0.25, 0.3) is 5.91 Å². The number of hydrogen-bond donors (Lipinski definition) is 4. The number of carbonyl (C=O) groups excluding carboxylic acids is 4. The molecule has 1 aromatic rings. The third kappa shape index (κ3) is 8.43. The van der Waals surface area contributed by atoms with E-state index in [4.69, 9.17) is 11.5 Å². The monoisotopic (exact) mass is 530 g/mol. The smallest absolute Gasteiger partial charge is 0.370 e. The summed E-state index contributed by atoms with van der Waals surface area (Å²) in [6.07, 6.45) is -3.39. The first-order valence-corrected chi connectivity index (χ1v) is 11.6. The van der Waals surface area contributed by atoms with E-state index in [1.807, 2.05) is 0 Å². The van der Waals surface area contributed by atoms with Crippen LogP contribution in [0, 0.1) is 0 Å². The Labute approximate surface area is 210 Å². The van der Waals surface area contributed by atoms with E-state index in [2.05, 4.69) is 15.6 Å². The van der Waals surface area contributed by atoms with E-state index in [0.29, 0.717) is 19.3 Å². The van der Waals surface area contributed by atoms with Crippen LogP contribution in [0.4, 0.5) is 17.6 Å². The number of guanidine groups is 1. The molecule has 204 valence electrons. The number of benzene rings is 1. The van der Waals surface area contributed by atoms with Gasteiger partial charge in [0, 0.05) is 18.7 Å². The van der Waals surface area contributed by atoms with Gasteiger partial charge in [0.05, 0.1) is 11.6 Å². The predicted molar refractivity (Wildman–Crippen MR) is 126 cm³/mol. The lowest BCUT2D eigenvalue weighted by Gasteiger charge is -2.28. The number of nitrogens with one attached hydrogen (secondary N) is 2. The third-order valence-electron chi connectivity index (χ3n) is 5.81. The standard InChI is InChI=1S/C23H30F4N6O4/c1-13(31-19(35)14-6-8-15(9-7-14)23(25,26)27)21(37)33-11-3-5-17(33)20(36)32-16(18(34)12-24)4-2-10-30-22(28)29/h6-9,13,16-17H,2-5,10-12H2,1H3,(H,31,35)(H,32,36)(H4,28,29,30)/t13-,16-,17-/m0/s1. The quantitative estimate of drug-likeness (QED) is 0.144. The first-order valence-electron chi connectivity index (χ1n) is 11.6. The molecule has 0 spiro atoms. The first-order chi connectivity index (χ1) is 17.3. The van der Waals surface area contributed by atoms with Gasteiger partial charge in [-0.25, -0.2) is 4.39 Å². The average molecular weight is 531 g/mol. The summed E-state index contributed by atoms with van der Waals surface area (Å²) in [5, 5.41) is 4.92. The van der Waals surface area contributed by atoms with Crippen molar-refractivity contribution in [1.29, 1.82) is 0 Å². The second-order valence-corrected chi connectivity index (χ2v) is 8.57. The summed E-state index contributed by atoms with van der Waals surface area (Å²) in [7, 11) is 0. The van der Waals surface area contributed by atoms with Crippen LogP contribution in [0.25, 0.3) is 0 Å². The van der Waals surface area contributed by atoms with Gasteiger partial charge in [0.15, 0.2) is 11.7 Å². The highest BCUT2D eigenvalue weighted by molar-refractivity contribution is 5.99. The van der Waals surface area contributed by atoms with Crippen LogP contribution in [0.2, 0.25) is 0 Å². The minimum absolute atomic E-state index is 0.0725. The summed E-state index contributed by atoms with van der Waals surface area (Å²) in [5.74, 6) is -2.95. The van der Waals surface area contributed by atoms with Crippen molar-refractivity contribution in [1.82, 2.24) is 15.5 Å². The van der Waals surface area contributed by atoms with E-state index in [0.717, 1.165) is 24.3 Å². The zero-order chi connectivity index (χ0) is 27.8. The number of hydrogen-bond acceptors (Lipinski definition) is 5. The van der Waals surface area contributed by atoms with Crippen molar-refractivity contribution in [3.63, 3.8) is 0 Å². The maximum absolute atomic E-state index is 13.0. The van der Waals surface area contributed by atoms with Gasteiger partial charge in [-0.1, -0.05) is 0 Å². The fraction of sp³-hybridized carbons (Fsp3) is 0.522. The molecule has 1 aliphatic rings. The molecule has 0 unspecified atom stereocenters. The zero-order valence-electron chi connectivity index (χ0n) is 20.2. The molecule has 0 bridgehead atoms. The van der Waals surface area contributed by atoms with Gasteiger partial charge in [-0.2, -0.15) is 13.2 Å². The van der Waals surface area contributed by atoms with Crippen LogP contribution in [0.15, 0.2) is 29.3 Å². The number of nitrogens with two attached hydrogens (primary N) is 2. The fourth-order valence-electron chi connectivity index (χ4n) is 3.88. The molecule has 1 aliphatic heterocycles. The van der Waals surface area contributed by atoms with Crippen molar-refractivity contribution in [3.8, 4) is 0 Å². The largest absolute Gasteiger partial charge is 0.416 e. The summed E-state index contributed by atoms with van der Waals surface area (Å²) in [6.45, 7) is 0.492. The Morgan fingerprint density at radius 2 is 1.78 bits per heavy atom. The first kappa shape index (κ1) is 29.5. The van der Waals surface area contributed by atoms with E-state index in [1.54, 1.807) is 0 Å². The fourth-order valence-corrected chi connectivity index (χ4v) is 3.88. The van der Waals surface area contributed by atoms with Gasteiger partial charge < -0.3 is 27.0 Å². The van der Waals surface area contributed by atoms with Crippen molar-refractivity contribution in [2.75, 3.05) is 19.8 Å². The number of rotatable bonds is 11. The average Bonchev–Trinajstić information content (AvgIpc) is 3.34. The molecular formula is C23H30F4N6O4.